The zero-order valence-electron chi connectivity index (χ0n) is 12.4. The first-order valence-corrected chi connectivity index (χ1v) is 8.06. The molecule has 1 rings (SSSR count). The van der Waals surface area contributed by atoms with Crippen LogP contribution in [0.2, 0.25) is 0 Å². The van der Waals surface area contributed by atoms with Gasteiger partial charge >= 0.3 is 0 Å². The molecule has 0 aliphatic rings. The number of rotatable bonds is 7. The Morgan fingerprint density at radius 2 is 2.00 bits per heavy atom. The molecule has 0 aliphatic heterocycles. The van der Waals surface area contributed by atoms with Crippen LogP contribution in [0.5, 0.6) is 0 Å². The van der Waals surface area contributed by atoms with E-state index in [4.69, 9.17) is 0 Å². The van der Waals surface area contributed by atoms with Crippen LogP contribution in [0.3, 0.4) is 0 Å². The van der Waals surface area contributed by atoms with Crippen molar-refractivity contribution in [2.24, 2.45) is 0 Å². The maximum absolute atomic E-state index is 12.0. The Bertz CT molecular complexity index is 405. The minimum absolute atomic E-state index is 0.00101. The molecule has 106 valence electrons. The maximum atomic E-state index is 12.0. The predicted octanol–water partition coefficient (Wildman–Crippen LogP) is 3.92. The summed E-state index contributed by atoms with van der Waals surface area (Å²) in [6.07, 6.45) is 2.15. The monoisotopic (exact) mass is 279 g/mol. The lowest BCUT2D eigenvalue weighted by atomic mass is 10.1. The highest BCUT2D eigenvalue weighted by molar-refractivity contribution is 7.99. The van der Waals surface area contributed by atoms with Crippen molar-refractivity contribution in [2.75, 3.05) is 0 Å². The maximum Gasteiger partial charge on any atom is 0.233 e. The summed E-state index contributed by atoms with van der Waals surface area (Å²) in [5.41, 5.74) is 2.61. The van der Waals surface area contributed by atoms with Gasteiger partial charge in [0.05, 0.1) is 5.25 Å². The van der Waals surface area contributed by atoms with Crippen molar-refractivity contribution in [1.82, 2.24) is 5.32 Å². The number of nitrogens with one attached hydrogen (secondary N) is 1. The smallest absolute Gasteiger partial charge is 0.233 e. The topological polar surface area (TPSA) is 29.1 Å². The van der Waals surface area contributed by atoms with Gasteiger partial charge in [-0.3, -0.25) is 4.79 Å². The van der Waals surface area contributed by atoms with E-state index in [9.17, 15) is 4.79 Å². The fraction of sp³-hybridized carbons (Fsp3) is 0.562. The van der Waals surface area contributed by atoms with Gasteiger partial charge in [0.2, 0.25) is 5.91 Å². The first-order valence-electron chi connectivity index (χ1n) is 7.01. The van der Waals surface area contributed by atoms with E-state index in [1.54, 1.807) is 11.8 Å². The summed E-state index contributed by atoms with van der Waals surface area (Å²) in [6, 6.07) is 8.62. The van der Waals surface area contributed by atoms with Crippen molar-refractivity contribution >= 4 is 17.7 Å². The molecule has 1 amide bonds. The molecule has 0 aliphatic carbocycles. The number of benzene rings is 1. The lowest BCUT2D eigenvalue weighted by molar-refractivity contribution is -0.120. The van der Waals surface area contributed by atoms with Crippen LogP contribution in [-0.4, -0.2) is 17.2 Å². The number of amides is 1. The third kappa shape index (κ3) is 5.68. The van der Waals surface area contributed by atoms with E-state index in [0.717, 1.165) is 18.6 Å². The fourth-order valence-corrected chi connectivity index (χ4v) is 2.90. The third-order valence-electron chi connectivity index (χ3n) is 3.23. The molecule has 0 bridgehead atoms. The molecule has 1 N–H and O–H groups in total. The summed E-state index contributed by atoms with van der Waals surface area (Å²) in [4.78, 5) is 12.0. The molecule has 0 radical (unpaired) electrons. The van der Waals surface area contributed by atoms with E-state index >= 15 is 0 Å². The molecule has 1 aromatic carbocycles. The molecule has 2 unspecified atom stereocenters. The zero-order chi connectivity index (χ0) is 14.3. The molecular weight excluding hydrogens is 254 g/mol. The average Bonchev–Trinajstić information content (AvgIpc) is 2.37. The predicted molar refractivity (Wildman–Crippen MR) is 84.4 cm³/mol. The van der Waals surface area contributed by atoms with Crippen LogP contribution in [0.1, 0.15) is 44.7 Å². The Kier molecular flexibility index (Phi) is 7.00. The zero-order valence-corrected chi connectivity index (χ0v) is 13.2. The number of hydrogen-bond donors (Lipinski definition) is 1. The average molecular weight is 279 g/mol. The highest BCUT2D eigenvalue weighted by Gasteiger charge is 2.15. The first kappa shape index (κ1) is 16.1. The van der Waals surface area contributed by atoms with E-state index in [1.807, 2.05) is 13.0 Å². The molecule has 0 saturated carbocycles. The number of hydrogen-bond acceptors (Lipinski definition) is 2. The van der Waals surface area contributed by atoms with Gasteiger partial charge in [0.1, 0.15) is 0 Å². The second kappa shape index (κ2) is 8.26. The van der Waals surface area contributed by atoms with Gasteiger partial charge in [-0.25, -0.2) is 0 Å². The largest absolute Gasteiger partial charge is 0.353 e. The van der Waals surface area contributed by atoms with Crippen LogP contribution < -0.4 is 5.32 Å². The van der Waals surface area contributed by atoms with Crippen LogP contribution >= 0.6 is 11.8 Å². The Balaban J connectivity index is 2.40. The molecule has 19 heavy (non-hydrogen) atoms. The summed E-state index contributed by atoms with van der Waals surface area (Å²) in [7, 11) is 0. The van der Waals surface area contributed by atoms with Crippen molar-refractivity contribution in [3.05, 3.63) is 35.4 Å². The molecule has 0 fully saturated rings. The molecule has 3 heteroatoms. The van der Waals surface area contributed by atoms with Crippen LogP contribution in [-0.2, 0) is 10.5 Å². The van der Waals surface area contributed by atoms with Gasteiger partial charge < -0.3 is 5.32 Å². The van der Waals surface area contributed by atoms with E-state index < -0.39 is 0 Å². The molecule has 0 aromatic heterocycles. The van der Waals surface area contributed by atoms with Crippen LogP contribution in [0.4, 0.5) is 0 Å². The SMILES string of the molecule is CCCC(C)NC(=O)C(C)SCc1ccccc1C. The summed E-state index contributed by atoms with van der Waals surface area (Å²) in [5, 5.41) is 3.07. The van der Waals surface area contributed by atoms with Gasteiger partial charge in [0.25, 0.3) is 0 Å². The number of aryl methyl sites for hydroxylation is 1. The van der Waals surface area contributed by atoms with E-state index in [-0.39, 0.29) is 17.2 Å². The van der Waals surface area contributed by atoms with Gasteiger partial charge in [-0.15, -0.1) is 11.8 Å². The number of carbonyl (C=O) groups excluding carboxylic acids is 1. The van der Waals surface area contributed by atoms with Gasteiger partial charge in [0.15, 0.2) is 0 Å². The van der Waals surface area contributed by atoms with E-state index in [1.165, 1.54) is 11.1 Å². The van der Waals surface area contributed by atoms with Crippen molar-refractivity contribution in [2.45, 2.75) is 57.6 Å². The second-order valence-corrected chi connectivity index (χ2v) is 6.41. The van der Waals surface area contributed by atoms with Gasteiger partial charge in [-0.1, -0.05) is 37.6 Å². The molecular formula is C16H25NOS. The van der Waals surface area contributed by atoms with E-state index in [2.05, 4.69) is 44.3 Å². The lowest BCUT2D eigenvalue weighted by Gasteiger charge is -2.17. The lowest BCUT2D eigenvalue weighted by Crippen LogP contribution is -2.37. The third-order valence-corrected chi connectivity index (χ3v) is 4.42. The Morgan fingerprint density at radius 1 is 1.32 bits per heavy atom. The standard InChI is InChI=1S/C16H25NOS/c1-5-8-13(3)17-16(18)14(4)19-11-15-10-7-6-9-12(15)2/h6-7,9-10,13-14H,5,8,11H2,1-4H3,(H,17,18). The Morgan fingerprint density at radius 3 is 2.63 bits per heavy atom. The summed E-state index contributed by atoms with van der Waals surface area (Å²) in [5.74, 6) is 1.04. The molecule has 2 nitrogen and oxygen atoms in total. The number of carbonyl (C=O) groups is 1. The fourth-order valence-electron chi connectivity index (χ4n) is 1.93. The van der Waals surface area contributed by atoms with Crippen LogP contribution in [0.25, 0.3) is 0 Å². The summed E-state index contributed by atoms with van der Waals surface area (Å²) in [6.45, 7) is 8.31. The summed E-state index contributed by atoms with van der Waals surface area (Å²) < 4.78 is 0. The number of thioether (sulfide) groups is 1. The molecule has 0 heterocycles. The Hall–Kier alpha value is -0.960. The van der Waals surface area contributed by atoms with Gasteiger partial charge in [-0.2, -0.15) is 0 Å². The first-order chi connectivity index (χ1) is 9.04. The Labute approximate surface area is 121 Å². The normalized spacial score (nSPS) is 13.9. The molecule has 0 spiro atoms. The molecule has 0 saturated heterocycles. The van der Waals surface area contributed by atoms with Crippen molar-refractivity contribution in [1.29, 1.82) is 0 Å². The van der Waals surface area contributed by atoms with Crippen molar-refractivity contribution in [3.63, 3.8) is 0 Å². The minimum atomic E-state index is -0.00101. The van der Waals surface area contributed by atoms with E-state index in [0.29, 0.717) is 0 Å². The van der Waals surface area contributed by atoms with Crippen LogP contribution in [0, 0.1) is 6.92 Å². The second-order valence-electron chi connectivity index (χ2n) is 5.08. The quantitative estimate of drug-likeness (QED) is 0.819. The summed E-state index contributed by atoms with van der Waals surface area (Å²) >= 11 is 1.70. The molecule has 2 atom stereocenters. The van der Waals surface area contributed by atoms with Crippen molar-refractivity contribution in [3.8, 4) is 0 Å². The highest BCUT2D eigenvalue weighted by atomic mass is 32.2. The van der Waals surface area contributed by atoms with Gasteiger partial charge in [-0.05, 0) is 38.3 Å². The van der Waals surface area contributed by atoms with Crippen molar-refractivity contribution < 1.29 is 4.79 Å². The highest BCUT2D eigenvalue weighted by Crippen LogP contribution is 2.20. The minimum Gasteiger partial charge on any atom is -0.353 e. The van der Waals surface area contributed by atoms with Crippen LogP contribution in [0.15, 0.2) is 24.3 Å². The molecule has 1 aromatic rings. The van der Waals surface area contributed by atoms with Gasteiger partial charge in [0, 0.05) is 11.8 Å².